The minimum absolute atomic E-state index is 0.147. The molecule has 1 unspecified atom stereocenters. The molecule has 2 N–H and O–H groups in total. The smallest absolute Gasteiger partial charge is 0.305 e. The third kappa shape index (κ3) is 4.58. The van der Waals surface area contributed by atoms with Crippen LogP contribution in [0.3, 0.4) is 0 Å². The number of carboxylic acid groups (broad SMARTS) is 1. The van der Waals surface area contributed by atoms with Gasteiger partial charge >= 0.3 is 5.97 Å². The maximum atomic E-state index is 12.9. The predicted octanol–water partition coefficient (Wildman–Crippen LogP) is 3.12. The highest BCUT2D eigenvalue weighted by atomic mass is 16.4. The van der Waals surface area contributed by atoms with Gasteiger partial charge in [-0.1, -0.05) is 36.4 Å². The SMILES string of the molecule is O=C(O)C[C@H](NC(=O)C1CCCN(C(=O)C2CC2)C1)c1ccc2ccccc2c1. The molecule has 152 valence electrons. The lowest BCUT2D eigenvalue weighted by molar-refractivity contribution is -0.138. The Morgan fingerprint density at radius 2 is 1.79 bits per heavy atom. The first-order chi connectivity index (χ1) is 14.0. The molecule has 6 heteroatoms. The van der Waals surface area contributed by atoms with Crippen molar-refractivity contribution in [2.45, 2.75) is 38.1 Å². The number of aliphatic carboxylic acids is 1. The summed E-state index contributed by atoms with van der Waals surface area (Å²) in [5, 5.41) is 14.4. The molecule has 2 amide bonds. The van der Waals surface area contributed by atoms with E-state index in [1.165, 1.54) is 0 Å². The number of carbonyl (C=O) groups is 3. The number of likely N-dealkylation sites (tertiary alicyclic amines) is 1. The number of amides is 2. The van der Waals surface area contributed by atoms with Gasteiger partial charge in [-0.3, -0.25) is 14.4 Å². The van der Waals surface area contributed by atoms with E-state index < -0.39 is 12.0 Å². The number of hydrogen-bond donors (Lipinski definition) is 2. The van der Waals surface area contributed by atoms with Gasteiger partial charge in [0.05, 0.1) is 18.4 Å². The fourth-order valence-electron chi connectivity index (χ4n) is 4.12. The van der Waals surface area contributed by atoms with Gasteiger partial charge in [0.1, 0.15) is 0 Å². The number of nitrogens with one attached hydrogen (secondary N) is 1. The minimum Gasteiger partial charge on any atom is -0.481 e. The van der Waals surface area contributed by atoms with Crippen LogP contribution in [0.2, 0.25) is 0 Å². The maximum absolute atomic E-state index is 12.9. The molecule has 4 rings (SSSR count). The first-order valence-corrected chi connectivity index (χ1v) is 10.3. The summed E-state index contributed by atoms with van der Waals surface area (Å²) in [7, 11) is 0. The molecule has 1 aliphatic carbocycles. The van der Waals surface area contributed by atoms with Gasteiger partial charge in [0.2, 0.25) is 11.8 Å². The highest BCUT2D eigenvalue weighted by molar-refractivity contribution is 5.85. The van der Waals surface area contributed by atoms with Crippen LogP contribution in [-0.2, 0) is 14.4 Å². The Kier molecular flexibility index (Phi) is 5.51. The molecular formula is C23H26N2O4. The third-order valence-electron chi connectivity index (χ3n) is 5.90. The maximum Gasteiger partial charge on any atom is 0.305 e. The molecule has 2 fully saturated rings. The lowest BCUT2D eigenvalue weighted by Gasteiger charge is -2.33. The van der Waals surface area contributed by atoms with E-state index in [4.69, 9.17) is 0 Å². The summed E-state index contributed by atoms with van der Waals surface area (Å²) >= 11 is 0. The molecule has 2 aromatic carbocycles. The average molecular weight is 394 g/mol. The molecule has 0 bridgehead atoms. The monoisotopic (exact) mass is 394 g/mol. The zero-order valence-corrected chi connectivity index (χ0v) is 16.3. The summed E-state index contributed by atoms with van der Waals surface area (Å²) in [6, 6.07) is 13.0. The Labute approximate surface area is 169 Å². The molecule has 29 heavy (non-hydrogen) atoms. The van der Waals surface area contributed by atoms with Crippen LogP contribution < -0.4 is 5.32 Å². The number of nitrogens with zero attached hydrogens (tertiary/aromatic N) is 1. The Balaban J connectivity index is 1.48. The molecule has 2 aliphatic rings. The summed E-state index contributed by atoms with van der Waals surface area (Å²) in [4.78, 5) is 38.5. The van der Waals surface area contributed by atoms with Crippen molar-refractivity contribution in [3.63, 3.8) is 0 Å². The van der Waals surface area contributed by atoms with E-state index >= 15 is 0 Å². The molecule has 2 atom stereocenters. The second-order valence-electron chi connectivity index (χ2n) is 8.16. The van der Waals surface area contributed by atoms with Crippen molar-refractivity contribution in [1.82, 2.24) is 10.2 Å². The molecule has 0 aromatic heterocycles. The Morgan fingerprint density at radius 1 is 1.03 bits per heavy atom. The van der Waals surface area contributed by atoms with Gasteiger partial charge < -0.3 is 15.3 Å². The van der Waals surface area contributed by atoms with E-state index in [9.17, 15) is 19.5 Å². The van der Waals surface area contributed by atoms with E-state index in [2.05, 4.69) is 5.32 Å². The number of carboxylic acids is 1. The molecule has 1 aliphatic heterocycles. The molecule has 6 nitrogen and oxygen atoms in total. The first-order valence-electron chi connectivity index (χ1n) is 10.3. The lowest BCUT2D eigenvalue weighted by atomic mass is 9.94. The zero-order chi connectivity index (χ0) is 20.4. The van der Waals surface area contributed by atoms with Crippen LogP contribution in [0.4, 0.5) is 0 Å². The van der Waals surface area contributed by atoms with Gasteiger partial charge in [0, 0.05) is 19.0 Å². The molecule has 1 heterocycles. The normalized spacial score (nSPS) is 20.3. The van der Waals surface area contributed by atoms with Crippen molar-refractivity contribution in [2.75, 3.05) is 13.1 Å². The summed E-state index contributed by atoms with van der Waals surface area (Å²) in [6.07, 6.45) is 3.25. The largest absolute Gasteiger partial charge is 0.481 e. The van der Waals surface area contributed by atoms with Crippen LogP contribution in [0.1, 0.15) is 43.7 Å². The van der Waals surface area contributed by atoms with Crippen molar-refractivity contribution in [2.24, 2.45) is 11.8 Å². The molecule has 2 aromatic rings. The van der Waals surface area contributed by atoms with E-state index in [0.29, 0.717) is 13.1 Å². The summed E-state index contributed by atoms with van der Waals surface area (Å²) in [6.45, 7) is 1.14. The van der Waals surface area contributed by atoms with Crippen molar-refractivity contribution in [3.8, 4) is 0 Å². The van der Waals surface area contributed by atoms with E-state index in [1.54, 1.807) is 0 Å². The van der Waals surface area contributed by atoms with Gasteiger partial charge in [-0.2, -0.15) is 0 Å². The number of fused-ring (bicyclic) bond motifs is 1. The van der Waals surface area contributed by atoms with E-state index in [1.807, 2.05) is 47.4 Å². The van der Waals surface area contributed by atoms with Crippen molar-refractivity contribution in [1.29, 1.82) is 0 Å². The molecular weight excluding hydrogens is 368 g/mol. The van der Waals surface area contributed by atoms with E-state index in [0.717, 1.165) is 42.0 Å². The Hall–Kier alpha value is -2.89. The van der Waals surface area contributed by atoms with Crippen molar-refractivity contribution in [3.05, 3.63) is 48.0 Å². The quantitative estimate of drug-likeness (QED) is 0.788. The molecule has 0 radical (unpaired) electrons. The van der Waals surface area contributed by atoms with Gasteiger partial charge in [-0.15, -0.1) is 0 Å². The topological polar surface area (TPSA) is 86.7 Å². The molecule has 1 saturated carbocycles. The summed E-state index contributed by atoms with van der Waals surface area (Å²) in [5.74, 6) is -1.10. The van der Waals surface area contributed by atoms with Crippen LogP contribution in [0.25, 0.3) is 10.8 Å². The van der Waals surface area contributed by atoms with Crippen LogP contribution in [-0.4, -0.2) is 40.9 Å². The second kappa shape index (κ2) is 8.23. The molecule has 1 saturated heterocycles. The average Bonchev–Trinajstić information content (AvgIpc) is 3.57. The van der Waals surface area contributed by atoms with E-state index in [-0.39, 0.29) is 30.1 Å². The van der Waals surface area contributed by atoms with Crippen LogP contribution in [0, 0.1) is 11.8 Å². The first kappa shape index (κ1) is 19.4. The fourth-order valence-corrected chi connectivity index (χ4v) is 4.12. The third-order valence-corrected chi connectivity index (χ3v) is 5.90. The summed E-state index contributed by atoms with van der Waals surface area (Å²) in [5.41, 5.74) is 0.779. The van der Waals surface area contributed by atoms with Gasteiger partial charge in [-0.25, -0.2) is 0 Å². The molecule has 0 spiro atoms. The number of hydrogen-bond acceptors (Lipinski definition) is 3. The Morgan fingerprint density at radius 3 is 2.52 bits per heavy atom. The highest BCUT2D eigenvalue weighted by Gasteiger charge is 2.37. The predicted molar refractivity (Wildman–Crippen MR) is 109 cm³/mol. The van der Waals surface area contributed by atoms with Crippen LogP contribution >= 0.6 is 0 Å². The van der Waals surface area contributed by atoms with Crippen LogP contribution in [0.5, 0.6) is 0 Å². The highest BCUT2D eigenvalue weighted by Crippen LogP contribution is 2.32. The van der Waals surface area contributed by atoms with Crippen LogP contribution in [0.15, 0.2) is 42.5 Å². The number of rotatable bonds is 6. The van der Waals surface area contributed by atoms with Gasteiger partial charge in [0.15, 0.2) is 0 Å². The zero-order valence-electron chi connectivity index (χ0n) is 16.3. The van der Waals surface area contributed by atoms with Gasteiger partial charge in [0.25, 0.3) is 0 Å². The Bertz CT molecular complexity index is 937. The minimum atomic E-state index is -0.961. The number of benzene rings is 2. The van der Waals surface area contributed by atoms with Gasteiger partial charge in [-0.05, 0) is 48.1 Å². The standard InChI is InChI=1S/C23H26N2O4/c26-21(27)13-20(18-10-7-15-4-1-2-5-17(15)12-18)24-22(28)19-6-3-11-25(14-19)23(29)16-8-9-16/h1-2,4-5,7,10,12,16,19-20H,3,6,8-9,11,13-14H2,(H,24,28)(H,26,27)/t19?,20-/m0/s1. The second-order valence-corrected chi connectivity index (χ2v) is 8.16. The number of piperidine rings is 1. The van der Waals surface area contributed by atoms with Crippen molar-refractivity contribution < 1.29 is 19.5 Å². The van der Waals surface area contributed by atoms with Crippen molar-refractivity contribution >= 4 is 28.6 Å². The summed E-state index contributed by atoms with van der Waals surface area (Å²) < 4.78 is 0. The fraction of sp³-hybridized carbons (Fsp3) is 0.435. The lowest BCUT2D eigenvalue weighted by Crippen LogP contribution is -2.46. The number of carbonyl (C=O) groups excluding carboxylic acids is 2.